The fourth-order valence-corrected chi connectivity index (χ4v) is 2.15. The van der Waals surface area contributed by atoms with Crippen molar-refractivity contribution in [1.82, 2.24) is 14.6 Å². The molecule has 0 spiro atoms. The third kappa shape index (κ3) is 2.91. The average Bonchev–Trinajstić information content (AvgIpc) is 2.86. The topological polar surface area (TPSA) is 71.3 Å². The van der Waals surface area contributed by atoms with Gasteiger partial charge in [-0.05, 0) is 36.4 Å². The van der Waals surface area contributed by atoms with Crippen molar-refractivity contribution < 1.29 is 4.79 Å². The smallest absolute Gasteiger partial charge is 0.308 e. The van der Waals surface area contributed by atoms with Crippen LogP contribution in [0.3, 0.4) is 0 Å². The maximum Gasteiger partial charge on any atom is 0.326 e. The molecule has 0 bridgehead atoms. The Hall–Kier alpha value is -2.31. The van der Waals surface area contributed by atoms with E-state index < -0.39 is 6.03 Å². The highest BCUT2D eigenvalue weighted by atomic mass is 35.5. The van der Waals surface area contributed by atoms with Gasteiger partial charge in [0.2, 0.25) is 5.95 Å². The molecule has 2 heterocycles. The maximum atomic E-state index is 11.9. The summed E-state index contributed by atoms with van der Waals surface area (Å²) in [6.45, 7) is 0. The van der Waals surface area contributed by atoms with Crippen LogP contribution in [-0.2, 0) is 0 Å². The van der Waals surface area contributed by atoms with Crippen molar-refractivity contribution >= 4 is 46.5 Å². The number of urea groups is 1. The molecule has 0 atom stereocenters. The molecule has 3 rings (SSSR count). The minimum atomic E-state index is -0.452. The molecular weight excluding hydrogens is 313 g/mol. The fraction of sp³-hybridized carbons (Fsp3) is 0. The summed E-state index contributed by atoms with van der Waals surface area (Å²) in [5, 5.41) is 14.1. The fourth-order valence-electron chi connectivity index (χ4n) is 1.78. The molecule has 2 N–H and O–H groups in total. The van der Waals surface area contributed by atoms with Gasteiger partial charge in [-0.25, -0.2) is 4.79 Å². The van der Waals surface area contributed by atoms with Gasteiger partial charge < -0.3 is 5.32 Å². The summed E-state index contributed by atoms with van der Waals surface area (Å²) in [6, 6.07) is 11.5. The molecule has 106 valence electrons. The number of rotatable bonds is 2. The molecule has 0 aliphatic carbocycles. The van der Waals surface area contributed by atoms with Crippen molar-refractivity contribution in [3.63, 3.8) is 0 Å². The number of nitrogens with zero attached hydrogens (tertiary/aromatic N) is 3. The van der Waals surface area contributed by atoms with Crippen LogP contribution in [0, 0.1) is 0 Å². The summed E-state index contributed by atoms with van der Waals surface area (Å²) in [7, 11) is 0. The zero-order valence-corrected chi connectivity index (χ0v) is 12.1. The Morgan fingerprint density at radius 1 is 1.00 bits per heavy atom. The van der Waals surface area contributed by atoms with E-state index in [1.165, 1.54) is 4.40 Å². The number of halogens is 2. The summed E-state index contributed by atoms with van der Waals surface area (Å²) in [4.78, 5) is 11.9. The van der Waals surface area contributed by atoms with Crippen molar-refractivity contribution in [2.45, 2.75) is 0 Å². The quantitative estimate of drug-likeness (QED) is 0.707. The molecule has 21 heavy (non-hydrogen) atoms. The molecule has 2 aromatic heterocycles. The minimum Gasteiger partial charge on any atom is -0.308 e. The molecule has 0 aliphatic heterocycles. The van der Waals surface area contributed by atoms with E-state index >= 15 is 0 Å². The lowest BCUT2D eigenvalue weighted by molar-refractivity contribution is 0.262. The van der Waals surface area contributed by atoms with Crippen LogP contribution in [0.15, 0.2) is 42.5 Å². The molecule has 8 heteroatoms. The Kier molecular flexibility index (Phi) is 3.64. The van der Waals surface area contributed by atoms with E-state index in [-0.39, 0.29) is 5.95 Å². The number of aromatic nitrogens is 3. The number of hydrogen-bond donors (Lipinski definition) is 2. The molecule has 2 amide bonds. The molecular formula is C13H9Cl2N5O. The van der Waals surface area contributed by atoms with Gasteiger partial charge in [0.05, 0.1) is 0 Å². The number of nitrogens with one attached hydrogen (secondary N) is 2. The Bertz CT molecular complexity index is 800. The summed E-state index contributed by atoms with van der Waals surface area (Å²) in [5.74, 6) is 0.238. The van der Waals surface area contributed by atoms with Crippen molar-refractivity contribution in [3.8, 4) is 0 Å². The molecule has 0 aliphatic rings. The Balaban J connectivity index is 1.79. The van der Waals surface area contributed by atoms with Gasteiger partial charge >= 0.3 is 6.03 Å². The third-order valence-electron chi connectivity index (χ3n) is 2.71. The van der Waals surface area contributed by atoms with Crippen LogP contribution < -0.4 is 10.6 Å². The van der Waals surface area contributed by atoms with Gasteiger partial charge in [0, 0.05) is 10.7 Å². The van der Waals surface area contributed by atoms with Gasteiger partial charge in [0.25, 0.3) is 0 Å². The number of benzene rings is 1. The van der Waals surface area contributed by atoms with Crippen LogP contribution >= 0.6 is 23.2 Å². The summed E-state index contributed by atoms with van der Waals surface area (Å²) in [5.41, 5.74) is 1.15. The average molecular weight is 322 g/mol. The van der Waals surface area contributed by atoms with Crippen LogP contribution in [0.4, 0.5) is 16.4 Å². The minimum absolute atomic E-state index is 0.238. The van der Waals surface area contributed by atoms with Crippen LogP contribution in [-0.4, -0.2) is 20.6 Å². The largest absolute Gasteiger partial charge is 0.326 e. The molecule has 0 radical (unpaired) electrons. The van der Waals surface area contributed by atoms with Crippen molar-refractivity contribution in [1.29, 1.82) is 0 Å². The Labute approximate surface area is 129 Å². The standard InChI is InChI=1S/C13H9Cl2N5O/c14-8-4-6-9(7-5-8)16-13(21)17-12-19-18-11-3-1-2-10(15)20(11)12/h1-7H,(H2,16,17,19,21). The highest BCUT2D eigenvalue weighted by molar-refractivity contribution is 6.30. The molecule has 0 unspecified atom stereocenters. The predicted molar refractivity (Wildman–Crippen MR) is 82.1 cm³/mol. The van der Waals surface area contributed by atoms with E-state index in [1.54, 1.807) is 42.5 Å². The zero-order valence-electron chi connectivity index (χ0n) is 10.5. The second kappa shape index (κ2) is 5.59. The maximum absolute atomic E-state index is 11.9. The Morgan fingerprint density at radius 3 is 2.52 bits per heavy atom. The van der Waals surface area contributed by atoms with E-state index in [2.05, 4.69) is 20.8 Å². The second-order valence-electron chi connectivity index (χ2n) is 4.15. The van der Waals surface area contributed by atoms with Gasteiger partial charge in [0.1, 0.15) is 5.15 Å². The first-order valence-electron chi connectivity index (χ1n) is 5.97. The monoisotopic (exact) mass is 321 g/mol. The van der Waals surface area contributed by atoms with Crippen LogP contribution in [0.5, 0.6) is 0 Å². The Morgan fingerprint density at radius 2 is 1.76 bits per heavy atom. The number of fused-ring (bicyclic) bond motifs is 1. The summed E-state index contributed by atoms with van der Waals surface area (Å²) < 4.78 is 1.53. The number of anilines is 2. The molecule has 1 aromatic carbocycles. The first-order chi connectivity index (χ1) is 10.1. The lowest BCUT2D eigenvalue weighted by atomic mass is 10.3. The zero-order chi connectivity index (χ0) is 14.8. The first kappa shape index (κ1) is 13.7. The van der Waals surface area contributed by atoms with Gasteiger partial charge in [-0.2, -0.15) is 0 Å². The van der Waals surface area contributed by atoms with E-state index in [9.17, 15) is 4.79 Å². The molecule has 3 aromatic rings. The number of pyridine rings is 1. The number of amides is 2. The highest BCUT2D eigenvalue weighted by Crippen LogP contribution is 2.17. The lowest BCUT2D eigenvalue weighted by Gasteiger charge is -2.07. The number of hydrogen-bond acceptors (Lipinski definition) is 3. The summed E-state index contributed by atoms with van der Waals surface area (Å²) in [6.07, 6.45) is 0. The van der Waals surface area contributed by atoms with Crippen LogP contribution in [0.1, 0.15) is 0 Å². The normalized spacial score (nSPS) is 10.6. The van der Waals surface area contributed by atoms with Crippen molar-refractivity contribution in [2.24, 2.45) is 0 Å². The predicted octanol–water partition coefficient (Wildman–Crippen LogP) is 3.68. The summed E-state index contributed by atoms with van der Waals surface area (Å²) >= 11 is 11.8. The third-order valence-corrected chi connectivity index (χ3v) is 3.26. The highest BCUT2D eigenvalue weighted by Gasteiger charge is 2.11. The number of carbonyl (C=O) groups excluding carboxylic acids is 1. The van der Waals surface area contributed by atoms with Crippen molar-refractivity contribution in [2.75, 3.05) is 10.6 Å². The van der Waals surface area contributed by atoms with Crippen LogP contribution in [0.25, 0.3) is 5.65 Å². The van der Waals surface area contributed by atoms with E-state index in [0.717, 1.165) is 0 Å². The second-order valence-corrected chi connectivity index (χ2v) is 4.98. The number of carbonyl (C=O) groups is 1. The molecule has 0 saturated carbocycles. The van der Waals surface area contributed by atoms with Gasteiger partial charge in [-0.15, -0.1) is 10.2 Å². The van der Waals surface area contributed by atoms with Gasteiger partial charge in [-0.3, -0.25) is 9.72 Å². The lowest BCUT2D eigenvalue weighted by Crippen LogP contribution is -2.21. The molecule has 0 saturated heterocycles. The van der Waals surface area contributed by atoms with E-state index in [0.29, 0.717) is 21.5 Å². The molecule has 0 fully saturated rings. The van der Waals surface area contributed by atoms with E-state index in [4.69, 9.17) is 23.2 Å². The van der Waals surface area contributed by atoms with Crippen molar-refractivity contribution in [3.05, 3.63) is 52.6 Å². The molecule has 6 nitrogen and oxygen atoms in total. The first-order valence-corrected chi connectivity index (χ1v) is 6.72. The van der Waals surface area contributed by atoms with Gasteiger partial charge in [0.15, 0.2) is 5.65 Å². The van der Waals surface area contributed by atoms with Gasteiger partial charge in [-0.1, -0.05) is 29.3 Å². The SMILES string of the molecule is O=C(Nc1ccc(Cl)cc1)Nc1nnc2cccc(Cl)n12. The van der Waals surface area contributed by atoms with Crippen LogP contribution in [0.2, 0.25) is 10.2 Å². The van der Waals surface area contributed by atoms with E-state index in [1.807, 2.05) is 0 Å².